The fourth-order valence-electron chi connectivity index (χ4n) is 3.52. The topological polar surface area (TPSA) is 46.0 Å². The molecule has 1 aromatic rings. The Labute approximate surface area is 158 Å². The van der Waals surface area contributed by atoms with E-state index in [9.17, 15) is 4.79 Å². The number of methoxy groups -OCH3 is 1. The number of nitrogens with zero attached hydrogens (tertiary/aromatic N) is 1. The van der Waals surface area contributed by atoms with Gasteiger partial charge in [-0.3, -0.25) is 4.79 Å². The lowest BCUT2D eigenvalue weighted by molar-refractivity contribution is -0.892. The molecular weight excluding hydrogens is 326 g/mol. The molecule has 1 aliphatic heterocycles. The molecule has 0 saturated carbocycles. The summed E-state index contributed by atoms with van der Waals surface area (Å²) in [7, 11) is 1.70. The summed E-state index contributed by atoms with van der Waals surface area (Å²) in [5, 5.41) is 3.17. The third-order valence-electron chi connectivity index (χ3n) is 5.13. The molecule has 26 heavy (non-hydrogen) atoms. The van der Waals surface area contributed by atoms with Crippen LogP contribution in [-0.2, 0) is 4.79 Å². The number of hydrogen-bond acceptors (Lipinski definition) is 3. The third kappa shape index (κ3) is 6.87. The van der Waals surface area contributed by atoms with Gasteiger partial charge in [-0.05, 0) is 31.4 Å². The van der Waals surface area contributed by atoms with Crippen molar-refractivity contribution < 1.29 is 14.4 Å². The molecule has 0 unspecified atom stereocenters. The van der Waals surface area contributed by atoms with Gasteiger partial charge in [-0.1, -0.05) is 32.8 Å². The second-order valence-electron chi connectivity index (χ2n) is 7.91. The van der Waals surface area contributed by atoms with Gasteiger partial charge in [0.2, 0.25) is 0 Å². The van der Waals surface area contributed by atoms with Gasteiger partial charge in [0.25, 0.3) is 5.91 Å². The van der Waals surface area contributed by atoms with Crippen molar-refractivity contribution >= 4 is 11.6 Å². The molecule has 1 saturated heterocycles. The van der Waals surface area contributed by atoms with Crippen LogP contribution in [0.4, 0.5) is 5.69 Å². The summed E-state index contributed by atoms with van der Waals surface area (Å²) in [6.45, 7) is 11.1. The van der Waals surface area contributed by atoms with Crippen molar-refractivity contribution in [2.24, 2.45) is 5.92 Å². The lowest BCUT2D eigenvalue weighted by atomic mass is 10.0. The Kier molecular flexibility index (Phi) is 8.23. The van der Waals surface area contributed by atoms with Crippen LogP contribution in [0.2, 0.25) is 0 Å². The second kappa shape index (κ2) is 10.4. The summed E-state index contributed by atoms with van der Waals surface area (Å²) >= 11 is 0. The molecule has 1 heterocycles. The van der Waals surface area contributed by atoms with E-state index < -0.39 is 0 Å². The third-order valence-corrected chi connectivity index (χ3v) is 5.13. The maximum absolute atomic E-state index is 12.3. The molecule has 1 aliphatic rings. The van der Waals surface area contributed by atoms with Gasteiger partial charge < -0.3 is 19.9 Å². The Balaban J connectivity index is 1.70. The van der Waals surface area contributed by atoms with E-state index in [1.165, 1.54) is 23.4 Å². The number of hydrogen-bond donors (Lipinski definition) is 2. The van der Waals surface area contributed by atoms with Crippen molar-refractivity contribution in [1.82, 2.24) is 5.32 Å². The van der Waals surface area contributed by atoms with E-state index >= 15 is 0 Å². The molecule has 0 radical (unpaired) electrons. The first-order valence-corrected chi connectivity index (χ1v) is 10.00. The van der Waals surface area contributed by atoms with E-state index in [1.807, 2.05) is 12.1 Å². The van der Waals surface area contributed by atoms with Crippen molar-refractivity contribution in [3.8, 4) is 5.75 Å². The maximum Gasteiger partial charge on any atom is 0.275 e. The highest BCUT2D eigenvalue weighted by atomic mass is 16.5. The highest BCUT2D eigenvalue weighted by Gasteiger charge is 2.23. The fourth-order valence-corrected chi connectivity index (χ4v) is 3.52. The lowest BCUT2D eigenvalue weighted by Crippen LogP contribution is -3.16. The Bertz CT molecular complexity index is 554. The van der Waals surface area contributed by atoms with Crippen LogP contribution in [0, 0.1) is 5.92 Å². The van der Waals surface area contributed by atoms with Crippen molar-refractivity contribution in [2.75, 3.05) is 44.7 Å². The summed E-state index contributed by atoms with van der Waals surface area (Å²) in [5.74, 6) is 1.82. The fraction of sp³-hybridized carbons (Fsp3) is 0.667. The van der Waals surface area contributed by atoms with Gasteiger partial charge in [0.1, 0.15) is 5.75 Å². The molecule has 2 N–H and O–H groups in total. The van der Waals surface area contributed by atoms with Crippen molar-refractivity contribution in [3.63, 3.8) is 0 Å². The van der Waals surface area contributed by atoms with Gasteiger partial charge in [0.15, 0.2) is 6.54 Å². The molecule has 2 rings (SSSR count). The van der Waals surface area contributed by atoms with Crippen LogP contribution in [0.25, 0.3) is 0 Å². The molecule has 1 amide bonds. The summed E-state index contributed by atoms with van der Waals surface area (Å²) in [5.41, 5.74) is 1.20. The molecule has 0 aliphatic carbocycles. The molecule has 0 spiro atoms. The van der Waals surface area contributed by atoms with Crippen LogP contribution in [-0.4, -0.2) is 51.8 Å². The molecule has 146 valence electrons. The molecular formula is C21H36N3O2+. The van der Waals surface area contributed by atoms with Crippen molar-refractivity contribution in [1.29, 1.82) is 0 Å². The molecule has 5 nitrogen and oxygen atoms in total. The van der Waals surface area contributed by atoms with E-state index in [1.54, 1.807) is 7.11 Å². The van der Waals surface area contributed by atoms with E-state index in [-0.39, 0.29) is 11.9 Å². The standard InChI is InChI=1S/C21H35N3O2/c1-17(2)7-5-8-18(3)22-21(25)16-23-11-13-24(14-12-23)19-9-6-10-20(15-19)26-4/h6,9-10,15,17-18H,5,7-8,11-14,16H2,1-4H3,(H,22,25)/p+1/t18-/m1/s1. The molecule has 0 aromatic heterocycles. The molecule has 1 atom stereocenters. The zero-order valence-electron chi connectivity index (χ0n) is 16.9. The number of anilines is 1. The summed E-state index contributed by atoms with van der Waals surface area (Å²) in [4.78, 5) is 16.0. The second-order valence-corrected chi connectivity index (χ2v) is 7.91. The van der Waals surface area contributed by atoms with Gasteiger partial charge in [-0.2, -0.15) is 0 Å². The zero-order chi connectivity index (χ0) is 18.9. The lowest BCUT2D eigenvalue weighted by Gasteiger charge is -2.33. The van der Waals surface area contributed by atoms with Gasteiger partial charge in [-0.15, -0.1) is 0 Å². The van der Waals surface area contributed by atoms with Crippen LogP contribution in [0.15, 0.2) is 24.3 Å². The Morgan fingerprint density at radius 1 is 1.23 bits per heavy atom. The number of rotatable bonds is 9. The van der Waals surface area contributed by atoms with Crippen LogP contribution in [0.5, 0.6) is 5.75 Å². The van der Waals surface area contributed by atoms with E-state index in [0.29, 0.717) is 6.54 Å². The van der Waals surface area contributed by atoms with Gasteiger partial charge >= 0.3 is 0 Å². The number of carbonyl (C=O) groups is 1. The maximum atomic E-state index is 12.3. The number of quaternary nitrogens is 1. The first kappa shape index (κ1) is 20.6. The average molecular weight is 363 g/mol. The summed E-state index contributed by atoms with van der Waals surface area (Å²) < 4.78 is 5.31. The Hall–Kier alpha value is -1.75. The molecule has 5 heteroatoms. The summed E-state index contributed by atoms with van der Waals surface area (Å²) in [6, 6.07) is 8.48. The van der Waals surface area contributed by atoms with E-state index in [0.717, 1.165) is 44.3 Å². The minimum absolute atomic E-state index is 0.187. The number of amides is 1. The predicted molar refractivity (Wildman–Crippen MR) is 107 cm³/mol. The van der Waals surface area contributed by atoms with Gasteiger partial charge in [0.05, 0.1) is 33.3 Å². The Morgan fingerprint density at radius 3 is 2.62 bits per heavy atom. The quantitative estimate of drug-likeness (QED) is 0.703. The van der Waals surface area contributed by atoms with Crippen molar-refractivity contribution in [3.05, 3.63) is 24.3 Å². The number of benzene rings is 1. The highest BCUT2D eigenvalue weighted by Crippen LogP contribution is 2.20. The molecule has 1 aromatic carbocycles. The molecule has 1 fully saturated rings. The normalized spacial score (nSPS) is 16.6. The number of carbonyl (C=O) groups excluding carboxylic acids is 1. The van der Waals surface area contributed by atoms with Crippen LogP contribution in [0.1, 0.15) is 40.0 Å². The Morgan fingerprint density at radius 2 is 1.96 bits per heavy atom. The number of ether oxygens (including phenoxy) is 1. The molecule has 0 bridgehead atoms. The first-order chi connectivity index (χ1) is 12.5. The van der Waals surface area contributed by atoms with Crippen LogP contribution >= 0.6 is 0 Å². The minimum atomic E-state index is 0.187. The van der Waals surface area contributed by atoms with E-state index in [2.05, 4.69) is 43.1 Å². The average Bonchev–Trinajstić information content (AvgIpc) is 2.62. The largest absolute Gasteiger partial charge is 0.497 e. The van der Waals surface area contributed by atoms with Crippen LogP contribution in [0.3, 0.4) is 0 Å². The number of piperazine rings is 1. The first-order valence-electron chi connectivity index (χ1n) is 10.00. The smallest absolute Gasteiger partial charge is 0.275 e. The zero-order valence-corrected chi connectivity index (χ0v) is 16.9. The SMILES string of the molecule is COc1cccc(N2CC[NH+](CC(=O)N[C@H](C)CCCC(C)C)CC2)c1. The van der Waals surface area contributed by atoms with Crippen molar-refractivity contribution in [2.45, 2.75) is 46.1 Å². The minimum Gasteiger partial charge on any atom is -0.497 e. The predicted octanol–water partition coefficient (Wildman–Crippen LogP) is 1.73. The highest BCUT2D eigenvalue weighted by molar-refractivity contribution is 5.77. The summed E-state index contributed by atoms with van der Waals surface area (Å²) in [6.07, 6.45) is 3.49. The van der Waals surface area contributed by atoms with Crippen LogP contribution < -0.4 is 19.9 Å². The van der Waals surface area contributed by atoms with Gasteiger partial charge in [-0.25, -0.2) is 0 Å². The number of nitrogens with one attached hydrogen (secondary N) is 2. The van der Waals surface area contributed by atoms with E-state index in [4.69, 9.17) is 4.74 Å². The monoisotopic (exact) mass is 362 g/mol. The van der Waals surface area contributed by atoms with Gasteiger partial charge in [0, 0.05) is 17.8 Å².